The number of amides is 1. The van der Waals surface area contributed by atoms with Gasteiger partial charge in [-0.3, -0.25) is 10.1 Å². The largest absolute Gasteiger partial charge is 0.297 e. The number of hydrogen-bond donors (Lipinski definition) is 1. The first-order valence-corrected chi connectivity index (χ1v) is 9.48. The Labute approximate surface area is 168 Å². The lowest BCUT2D eigenvalue weighted by atomic mass is 10.2. The molecule has 0 aliphatic rings. The predicted molar refractivity (Wildman–Crippen MR) is 107 cm³/mol. The van der Waals surface area contributed by atoms with E-state index in [9.17, 15) is 9.18 Å². The molecule has 0 radical (unpaired) electrons. The van der Waals surface area contributed by atoms with Crippen molar-refractivity contribution >= 4 is 34.0 Å². The van der Waals surface area contributed by atoms with Crippen molar-refractivity contribution in [3.8, 4) is 16.9 Å². The molecule has 140 valence electrons. The third-order valence-corrected chi connectivity index (χ3v) is 4.98. The number of hydrogen-bond acceptors (Lipinski definition) is 5. The second kappa shape index (κ2) is 7.49. The van der Waals surface area contributed by atoms with Crippen LogP contribution in [0.5, 0.6) is 0 Å². The number of thiazole rings is 1. The highest BCUT2D eigenvalue weighted by molar-refractivity contribution is 7.14. The Balaban J connectivity index is 1.55. The molecule has 2 aromatic carbocycles. The monoisotopic (exact) mass is 413 g/mol. The molecule has 0 unspecified atom stereocenters. The Hall–Kier alpha value is -3.10. The number of aromatic nitrogens is 4. The van der Waals surface area contributed by atoms with E-state index in [2.05, 4.69) is 20.4 Å². The van der Waals surface area contributed by atoms with Crippen molar-refractivity contribution in [1.29, 1.82) is 0 Å². The normalized spacial score (nSPS) is 10.8. The van der Waals surface area contributed by atoms with Crippen LogP contribution in [0.25, 0.3) is 16.9 Å². The first-order chi connectivity index (χ1) is 13.5. The zero-order chi connectivity index (χ0) is 19.7. The highest BCUT2D eigenvalue weighted by Crippen LogP contribution is 2.26. The van der Waals surface area contributed by atoms with E-state index < -0.39 is 5.91 Å². The molecule has 4 aromatic rings. The quantitative estimate of drug-likeness (QED) is 0.524. The summed E-state index contributed by atoms with van der Waals surface area (Å²) in [5, 5.41) is 9.54. The predicted octanol–water partition coefficient (Wildman–Crippen LogP) is 4.74. The standard InChI is InChI=1S/C19H13ClFN5OS/c1-11-22-17(25-26(11)16-8-3-2-7-14(16)20)18(27)24-19-23-15(10-28-19)12-5-4-6-13(21)9-12/h2-10H,1H3,(H,23,24,27). The molecule has 0 bridgehead atoms. The van der Waals surface area contributed by atoms with Crippen LogP contribution in [0.15, 0.2) is 53.9 Å². The van der Waals surface area contributed by atoms with E-state index in [1.54, 1.807) is 36.6 Å². The summed E-state index contributed by atoms with van der Waals surface area (Å²) >= 11 is 7.43. The van der Waals surface area contributed by atoms with Crippen molar-refractivity contribution < 1.29 is 9.18 Å². The lowest BCUT2D eigenvalue weighted by Crippen LogP contribution is -2.14. The van der Waals surface area contributed by atoms with Gasteiger partial charge in [-0.25, -0.2) is 19.0 Å². The molecule has 6 nitrogen and oxygen atoms in total. The second-order valence-corrected chi connectivity index (χ2v) is 7.11. The molecule has 4 rings (SSSR count). The zero-order valence-corrected chi connectivity index (χ0v) is 16.1. The summed E-state index contributed by atoms with van der Waals surface area (Å²) in [4.78, 5) is 21.1. The van der Waals surface area contributed by atoms with Crippen LogP contribution in [-0.2, 0) is 0 Å². The summed E-state index contributed by atoms with van der Waals surface area (Å²) in [7, 11) is 0. The number of aryl methyl sites for hydroxylation is 1. The van der Waals surface area contributed by atoms with Crippen LogP contribution < -0.4 is 5.32 Å². The fourth-order valence-corrected chi connectivity index (χ4v) is 3.53. The Morgan fingerprint density at radius 1 is 1.18 bits per heavy atom. The highest BCUT2D eigenvalue weighted by atomic mass is 35.5. The summed E-state index contributed by atoms with van der Waals surface area (Å²) in [6.45, 7) is 1.73. The van der Waals surface area contributed by atoms with Gasteiger partial charge in [0.15, 0.2) is 5.13 Å². The maximum absolute atomic E-state index is 13.4. The van der Waals surface area contributed by atoms with Crippen molar-refractivity contribution in [2.45, 2.75) is 6.92 Å². The molecule has 9 heteroatoms. The molecule has 0 aliphatic heterocycles. The Morgan fingerprint density at radius 2 is 2.00 bits per heavy atom. The van der Waals surface area contributed by atoms with E-state index in [0.29, 0.717) is 32.9 Å². The van der Waals surface area contributed by atoms with E-state index in [0.717, 1.165) is 0 Å². The van der Waals surface area contributed by atoms with Gasteiger partial charge < -0.3 is 0 Å². The van der Waals surface area contributed by atoms with Crippen LogP contribution in [0.1, 0.15) is 16.4 Å². The van der Waals surface area contributed by atoms with Gasteiger partial charge in [0.05, 0.1) is 16.4 Å². The van der Waals surface area contributed by atoms with Crippen LogP contribution in [-0.4, -0.2) is 25.7 Å². The summed E-state index contributed by atoms with van der Waals surface area (Å²) in [6, 6.07) is 13.3. The summed E-state index contributed by atoms with van der Waals surface area (Å²) in [6.07, 6.45) is 0. The number of rotatable bonds is 4. The second-order valence-electron chi connectivity index (χ2n) is 5.85. The fraction of sp³-hybridized carbons (Fsp3) is 0.0526. The van der Waals surface area contributed by atoms with Crippen LogP contribution in [0.4, 0.5) is 9.52 Å². The number of anilines is 1. The SMILES string of the molecule is Cc1nc(C(=O)Nc2nc(-c3cccc(F)c3)cs2)nn1-c1ccccc1Cl. The van der Waals surface area contributed by atoms with Gasteiger partial charge in [-0.15, -0.1) is 16.4 Å². The maximum atomic E-state index is 13.4. The number of nitrogens with zero attached hydrogens (tertiary/aromatic N) is 4. The lowest BCUT2D eigenvalue weighted by Gasteiger charge is -2.04. The van der Waals surface area contributed by atoms with Gasteiger partial charge >= 0.3 is 0 Å². The maximum Gasteiger partial charge on any atom is 0.297 e. The summed E-state index contributed by atoms with van der Waals surface area (Å²) in [5.74, 6) is -0.312. The molecule has 1 amide bonds. The van der Waals surface area contributed by atoms with Gasteiger partial charge in [0, 0.05) is 10.9 Å². The molecule has 0 saturated heterocycles. The van der Waals surface area contributed by atoms with Crippen molar-refractivity contribution in [2.24, 2.45) is 0 Å². The van der Waals surface area contributed by atoms with Crippen molar-refractivity contribution in [3.63, 3.8) is 0 Å². The van der Waals surface area contributed by atoms with Crippen molar-refractivity contribution in [1.82, 2.24) is 19.7 Å². The molecular formula is C19H13ClFN5OS. The molecule has 0 fully saturated rings. The van der Waals surface area contributed by atoms with Crippen LogP contribution in [0.3, 0.4) is 0 Å². The first-order valence-electron chi connectivity index (χ1n) is 8.22. The van der Waals surface area contributed by atoms with Gasteiger partial charge in [-0.1, -0.05) is 35.9 Å². The summed E-state index contributed by atoms with van der Waals surface area (Å²) in [5.41, 5.74) is 1.84. The molecule has 28 heavy (non-hydrogen) atoms. The van der Waals surface area contributed by atoms with Gasteiger partial charge in [0.1, 0.15) is 11.6 Å². The number of halogens is 2. The molecule has 2 aromatic heterocycles. The van der Waals surface area contributed by atoms with Crippen molar-refractivity contribution in [3.05, 3.63) is 76.4 Å². The highest BCUT2D eigenvalue weighted by Gasteiger charge is 2.18. The fourth-order valence-electron chi connectivity index (χ4n) is 2.60. The number of nitrogens with one attached hydrogen (secondary N) is 1. The average Bonchev–Trinajstić information content (AvgIpc) is 3.29. The van der Waals surface area contributed by atoms with Gasteiger partial charge in [-0.05, 0) is 31.2 Å². The third-order valence-electron chi connectivity index (χ3n) is 3.90. The molecule has 0 aliphatic carbocycles. The third kappa shape index (κ3) is 3.64. The average molecular weight is 414 g/mol. The van der Waals surface area contributed by atoms with Crippen LogP contribution >= 0.6 is 22.9 Å². The molecule has 2 heterocycles. The minimum atomic E-state index is -0.492. The zero-order valence-electron chi connectivity index (χ0n) is 14.6. The van der Waals surface area contributed by atoms with E-state index in [-0.39, 0.29) is 11.6 Å². The lowest BCUT2D eigenvalue weighted by molar-refractivity contribution is 0.101. The Morgan fingerprint density at radius 3 is 2.79 bits per heavy atom. The van der Waals surface area contributed by atoms with E-state index in [1.165, 1.54) is 28.2 Å². The molecule has 1 N–H and O–H groups in total. The van der Waals surface area contributed by atoms with Gasteiger partial charge in [0.2, 0.25) is 5.82 Å². The van der Waals surface area contributed by atoms with Gasteiger partial charge in [-0.2, -0.15) is 0 Å². The smallest absolute Gasteiger partial charge is 0.295 e. The minimum Gasteiger partial charge on any atom is -0.295 e. The minimum absolute atomic E-state index is 0.0000692. The Kier molecular flexibility index (Phi) is 4.89. The Bertz CT molecular complexity index is 1170. The molecule has 0 spiro atoms. The van der Waals surface area contributed by atoms with Gasteiger partial charge in [0.25, 0.3) is 5.91 Å². The molecular weight excluding hydrogens is 401 g/mol. The topological polar surface area (TPSA) is 72.7 Å². The van der Waals surface area contributed by atoms with Crippen LogP contribution in [0, 0.1) is 12.7 Å². The van der Waals surface area contributed by atoms with E-state index in [1.807, 2.05) is 12.1 Å². The first kappa shape index (κ1) is 18.3. The van der Waals surface area contributed by atoms with E-state index in [4.69, 9.17) is 11.6 Å². The number of benzene rings is 2. The molecule has 0 saturated carbocycles. The number of carbonyl (C=O) groups excluding carboxylic acids is 1. The van der Waals surface area contributed by atoms with E-state index >= 15 is 0 Å². The number of carbonyl (C=O) groups is 1. The summed E-state index contributed by atoms with van der Waals surface area (Å²) < 4.78 is 14.9. The molecule has 0 atom stereocenters. The number of para-hydroxylation sites is 1. The van der Waals surface area contributed by atoms with Crippen molar-refractivity contribution in [2.75, 3.05) is 5.32 Å². The van der Waals surface area contributed by atoms with Crippen LogP contribution in [0.2, 0.25) is 5.02 Å².